The first-order valence-electron chi connectivity index (χ1n) is 32.4. The average molecular weight is 1420 g/mol. The first-order valence-corrected chi connectivity index (χ1v) is 32.4. The molecule has 23 aliphatic rings. The van der Waals surface area contributed by atoms with E-state index in [1.54, 1.807) is 20.8 Å². The van der Waals surface area contributed by atoms with Gasteiger partial charge >= 0.3 is 0 Å². The number of H-pyrrole nitrogens is 1. The molecule has 560 valence electrons. The molecule has 0 spiro atoms. The van der Waals surface area contributed by atoms with Crippen LogP contribution in [-0.4, -0.2) is 369 Å². The van der Waals surface area contributed by atoms with Crippen molar-refractivity contribution in [1.82, 2.24) is 30.4 Å². The van der Waals surface area contributed by atoms with Gasteiger partial charge in [0.05, 0.1) is 89.1 Å². The van der Waals surface area contributed by atoms with Crippen molar-refractivity contribution in [3.63, 3.8) is 0 Å². The minimum absolute atomic E-state index is 0.0263. The SMILES string of the molecule is CCC12OC3OC(CO)C(OC4OC(Cn5cc(COC(C)(C)OCc6c[nH]nn6)nn5)C(OC5OC(CO)C(OC6OC(CO)C(OC(O)C(O)C(O)C(C(C)C)OC7OC(CO)C8C(OC8(C)OC8OC(CO)C1C(O2)C8O)C7O)C(O)C6O)C(O)C5O)C(O)C4O)C(O)C3O. The minimum atomic E-state index is -2.48. The Balaban J connectivity index is 0.874. The number of aliphatic hydroxyl groups is 18. The van der Waals surface area contributed by atoms with Crippen molar-refractivity contribution >= 4 is 0 Å². The second kappa shape index (κ2) is 30.9. The quantitative estimate of drug-likeness (QED) is 0.0736. The molecule has 98 heavy (non-hydrogen) atoms. The molecule has 36 atom stereocenters. The van der Waals surface area contributed by atoms with Crippen LogP contribution in [0.3, 0.4) is 0 Å². The van der Waals surface area contributed by atoms with Crippen molar-refractivity contribution < 1.29 is 172 Å². The zero-order valence-corrected chi connectivity index (χ0v) is 54.0. The molecule has 0 aromatic carbocycles. The molecule has 0 saturated carbocycles. The van der Waals surface area contributed by atoms with Gasteiger partial charge in [0.2, 0.25) is 0 Å². The van der Waals surface area contributed by atoms with Crippen molar-refractivity contribution in [2.24, 2.45) is 17.8 Å². The van der Waals surface area contributed by atoms with Crippen molar-refractivity contribution in [2.75, 3.05) is 33.0 Å². The topological polar surface area (TPSA) is 593 Å². The zero-order chi connectivity index (χ0) is 70.8. The molecule has 23 saturated heterocycles. The number of nitrogens with zero attached hydrogens (tertiary/aromatic N) is 5. The summed E-state index contributed by atoms with van der Waals surface area (Å²) in [5, 5.41) is 224. The molecule has 19 N–H and O–H groups in total. The summed E-state index contributed by atoms with van der Waals surface area (Å²) in [6.07, 6.45) is -57.4. The van der Waals surface area contributed by atoms with E-state index in [4.69, 9.17) is 80.5 Å². The molecule has 2 aromatic heterocycles. The second-order valence-corrected chi connectivity index (χ2v) is 26.7. The van der Waals surface area contributed by atoms with Gasteiger partial charge in [-0.1, -0.05) is 31.2 Å². The van der Waals surface area contributed by atoms with Crippen molar-refractivity contribution in [1.29, 1.82) is 0 Å². The lowest BCUT2D eigenvalue weighted by molar-refractivity contribution is -0.513. The highest BCUT2D eigenvalue weighted by molar-refractivity contribution is 5.10. The van der Waals surface area contributed by atoms with E-state index in [-0.39, 0.29) is 25.3 Å². The maximum Gasteiger partial charge on any atom is 0.189 e. The molecule has 41 nitrogen and oxygen atoms in total. The van der Waals surface area contributed by atoms with Gasteiger partial charge in [-0.2, -0.15) is 0 Å². The van der Waals surface area contributed by atoms with Crippen LogP contribution < -0.4 is 0 Å². The molecular formula is C57H92N6O35. The third-order valence-corrected chi connectivity index (χ3v) is 19.5. The third kappa shape index (κ3) is 14.8. The number of aromatic nitrogens is 6. The molecule has 41 heteroatoms. The van der Waals surface area contributed by atoms with E-state index >= 15 is 0 Å². The van der Waals surface area contributed by atoms with Crippen LogP contribution >= 0.6 is 0 Å². The molecule has 0 radical (unpaired) electrons. The van der Waals surface area contributed by atoms with Crippen LogP contribution in [0, 0.1) is 17.8 Å². The van der Waals surface area contributed by atoms with E-state index < -0.39 is 271 Å². The molecule has 0 amide bonds. The predicted molar refractivity (Wildman–Crippen MR) is 305 cm³/mol. The van der Waals surface area contributed by atoms with Gasteiger partial charge in [-0.05, 0) is 33.1 Å². The number of hydrogen-bond acceptors (Lipinski definition) is 39. The highest BCUT2D eigenvalue weighted by Gasteiger charge is 2.71. The summed E-state index contributed by atoms with van der Waals surface area (Å²) in [6, 6.07) is 0. The van der Waals surface area contributed by atoms with Crippen molar-refractivity contribution in [2.45, 2.75) is 282 Å². The van der Waals surface area contributed by atoms with Crippen molar-refractivity contribution in [3.05, 3.63) is 23.8 Å². The van der Waals surface area contributed by atoms with Crippen LogP contribution in [0.4, 0.5) is 0 Å². The molecule has 0 aliphatic carbocycles. The largest absolute Gasteiger partial charge is 0.394 e. The van der Waals surface area contributed by atoms with Gasteiger partial charge in [0.25, 0.3) is 0 Å². The first-order chi connectivity index (χ1) is 46.5. The number of aromatic amines is 1. The Labute approximate surface area is 557 Å². The third-order valence-electron chi connectivity index (χ3n) is 19.5. The summed E-state index contributed by atoms with van der Waals surface area (Å²) in [5.74, 6) is -7.82. The Morgan fingerprint density at radius 1 is 0.469 bits per heavy atom. The maximum atomic E-state index is 12.1. The highest BCUT2D eigenvalue weighted by Crippen LogP contribution is 2.55. The van der Waals surface area contributed by atoms with Gasteiger partial charge in [-0.25, -0.2) is 4.68 Å². The Hall–Kier alpha value is -3.12. The van der Waals surface area contributed by atoms with E-state index in [0.29, 0.717) is 5.69 Å². The fraction of sp³-hybridized carbons (Fsp3) is 0.930. The lowest BCUT2D eigenvalue weighted by Crippen LogP contribution is -2.78. The number of aliphatic hydroxyl groups excluding tert-OH is 18. The standard InChI is InChI=1S/C57H92N6O35/c1-7-57-28-23(12-65)86-54(40(80)47(28)96-57)97-56(6)27-22(11-64)85-52(39(79)46(27)95-56)91-41(18(2)3)29(69)34(74)48(81)90-43-24(13-66)87-51(36(76)31(43)71)94-44-25(14-67)88-50(37(77)32(44)72)92-42-21(10-63-9-20(60-62-63)17-83-55(4,5)82-16-19-8-58-61-59-19)84-49(35(75)30(42)70)93-45-26(15-68)89-53(98-57)38(78)33(45)73/h8-9,18,21-54,64-81H,7,10-17H2,1-6H3,(H,58,59,61). The van der Waals surface area contributed by atoms with Crippen LogP contribution in [0.5, 0.6) is 0 Å². The summed E-state index contributed by atoms with van der Waals surface area (Å²) in [7, 11) is 0. The molecule has 23 aliphatic heterocycles. The molecule has 25 rings (SSSR count). The van der Waals surface area contributed by atoms with Gasteiger partial charge in [0.1, 0.15) is 146 Å². The predicted octanol–water partition coefficient (Wildman–Crippen LogP) is -10.7. The Morgan fingerprint density at radius 3 is 1.43 bits per heavy atom. The average Bonchev–Trinajstić information content (AvgIpc) is 0.732. The van der Waals surface area contributed by atoms with E-state index in [1.807, 2.05) is 0 Å². The molecule has 36 unspecified atom stereocenters. The van der Waals surface area contributed by atoms with Crippen LogP contribution in [-0.2, 0) is 100 Å². The van der Waals surface area contributed by atoms with Crippen LogP contribution in [0.1, 0.15) is 59.4 Å². The molecule has 23 fully saturated rings. The Bertz CT molecular complexity index is 2840. The number of ether oxygens (including phenoxy) is 17. The smallest absolute Gasteiger partial charge is 0.189 e. The zero-order valence-electron chi connectivity index (χ0n) is 54.0. The summed E-state index contributed by atoms with van der Waals surface area (Å²) < 4.78 is 104. The minimum Gasteiger partial charge on any atom is -0.394 e. The summed E-state index contributed by atoms with van der Waals surface area (Å²) in [5.41, 5.74) is 0.704. The van der Waals surface area contributed by atoms with Gasteiger partial charge in [0, 0.05) is 6.20 Å². The monoisotopic (exact) mass is 1420 g/mol. The fourth-order valence-corrected chi connectivity index (χ4v) is 14.1. The lowest BCUT2D eigenvalue weighted by atomic mass is 9.75. The van der Waals surface area contributed by atoms with Gasteiger partial charge in [-0.3, -0.25) is 5.10 Å². The molecule has 25 heterocycles. The van der Waals surface area contributed by atoms with E-state index in [0.717, 1.165) is 0 Å². The maximum absolute atomic E-state index is 12.1. The van der Waals surface area contributed by atoms with Gasteiger partial charge in [0.15, 0.2) is 61.4 Å². The van der Waals surface area contributed by atoms with Gasteiger partial charge in [-0.15, -0.1) is 10.2 Å². The van der Waals surface area contributed by atoms with Gasteiger partial charge < -0.3 is 172 Å². The first kappa shape index (κ1) is 76.0. The lowest BCUT2D eigenvalue weighted by Gasteiger charge is -2.64. The van der Waals surface area contributed by atoms with Crippen molar-refractivity contribution in [3.8, 4) is 0 Å². The normalized spacial score (nSPS) is 49.0. The highest BCUT2D eigenvalue weighted by atomic mass is 16.8. The van der Waals surface area contributed by atoms with E-state index in [9.17, 15) is 91.9 Å². The fourth-order valence-electron chi connectivity index (χ4n) is 14.1. The summed E-state index contributed by atoms with van der Waals surface area (Å²) >= 11 is 0. The van der Waals surface area contributed by atoms with E-state index in [2.05, 4.69) is 25.7 Å². The molecule has 2 aromatic rings. The van der Waals surface area contributed by atoms with Crippen LogP contribution in [0.2, 0.25) is 0 Å². The van der Waals surface area contributed by atoms with Crippen LogP contribution in [0.25, 0.3) is 0 Å². The summed E-state index contributed by atoms with van der Waals surface area (Å²) in [6.45, 7) is 4.05. The Morgan fingerprint density at radius 2 is 0.908 bits per heavy atom. The molecule has 16 bridgehead atoms. The number of rotatable bonds is 15. The Kier molecular flexibility index (Phi) is 24.0. The number of hydrogen-bond donors (Lipinski definition) is 19. The summed E-state index contributed by atoms with van der Waals surface area (Å²) in [4.78, 5) is 0. The number of nitrogens with one attached hydrogen (secondary N) is 1. The van der Waals surface area contributed by atoms with E-state index in [1.165, 1.54) is 37.8 Å². The van der Waals surface area contributed by atoms with Crippen LogP contribution in [0.15, 0.2) is 12.4 Å². The molecular weight excluding hydrogens is 1330 g/mol. The second-order valence-electron chi connectivity index (χ2n) is 26.7.